The van der Waals surface area contributed by atoms with Crippen molar-refractivity contribution in [3.05, 3.63) is 48.7 Å². The van der Waals surface area contributed by atoms with E-state index < -0.39 is 0 Å². The van der Waals surface area contributed by atoms with Crippen LogP contribution >= 0.6 is 0 Å². The van der Waals surface area contributed by atoms with Gasteiger partial charge in [0.2, 0.25) is 0 Å². The van der Waals surface area contributed by atoms with E-state index in [-0.39, 0.29) is 12.3 Å². The first-order valence-electron chi connectivity index (χ1n) is 4.36. The Morgan fingerprint density at radius 2 is 2.38 bits per heavy atom. The minimum atomic E-state index is 0.116. The number of nitrogens with zero attached hydrogens (tertiary/aromatic N) is 1. The summed E-state index contributed by atoms with van der Waals surface area (Å²) in [6, 6.07) is 0. The van der Waals surface area contributed by atoms with E-state index in [4.69, 9.17) is 4.74 Å². The second kappa shape index (κ2) is 2.42. The highest BCUT2D eigenvalue weighted by Gasteiger charge is 2.33. The average Bonchev–Trinajstić information content (AvgIpc) is 2.65. The van der Waals surface area contributed by atoms with Crippen LogP contribution in [0.5, 0.6) is 0 Å². The number of hydrogen-bond donors (Lipinski definition) is 1. The summed E-state index contributed by atoms with van der Waals surface area (Å²) in [5.41, 5.74) is 1.22. The number of ether oxygens (including phenoxy) is 1. The molecule has 3 heteroatoms. The van der Waals surface area contributed by atoms with Gasteiger partial charge in [0.1, 0.15) is 6.17 Å². The number of allylic oxidation sites excluding steroid dienone is 2. The standard InChI is InChI=1S/C10H10N2O/c1-2-8-3-5-12-6-4-11-10(12)9(8)13-7-1/h1-7,9-11H. The Morgan fingerprint density at radius 1 is 1.38 bits per heavy atom. The van der Waals surface area contributed by atoms with Crippen molar-refractivity contribution in [3.8, 4) is 0 Å². The molecule has 0 spiro atoms. The number of hydrogen-bond acceptors (Lipinski definition) is 3. The van der Waals surface area contributed by atoms with Gasteiger partial charge in [0, 0.05) is 18.6 Å². The predicted molar refractivity (Wildman–Crippen MR) is 49.1 cm³/mol. The van der Waals surface area contributed by atoms with E-state index >= 15 is 0 Å². The molecule has 0 aromatic carbocycles. The van der Waals surface area contributed by atoms with Crippen molar-refractivity contribution in [2.24, 2.45) is 0 Å². The van der Waals surface area contributed by atoms with Gasteiger partial charge in [-0.2, -0.15) is 0 Å². The van der Waals surface area contributed by atoms with Gasteiger partial charge in [0.15, 0.2) is 6.10 Å². The third-order valence-corrected chi connectivity index (χ3v) is 2.48. The van der Waals surface area contributed by atoms with Crippen LogP contribution in [0.25, 0.3) is 0 Å². The second-order valence-electron chi connectivity index (χ2n) is 3.24. The Balaban J connectivity index is 1.99. The molecule has 3 heterocycles. The van der Waals surface area contributed by atoms with Crippen molar-refractivity contribution in [1.29, 1.82) is 0 Å². The highest BCUT2D eigenvalue weighted by Crippen LogP contribution is 2.26. The molecule has 0 saturated heterocycles. The molecule has 1 N–H and O–H groups in total. The smallest absolute Gasteiger partial charge is 0.162 e. The molecule has 2 atom stereocenters. The van der Waals surface area contributed by atoms with Gasteiger partial charge in [0.05, 0.1) is 6.26 Å². The molecular weight excluding hydrogens is 164 g/mol. The lowest BCUT2D eigenvalue weighted by Crippen LogP contribution is -2.47. The van der Waals surface area contributed by atoms with Crippen LogP contribution in [0.4, 0.5) is 0 Å². The molecule has 0 radical (unpaired) electrons. The number of nitrogens with one attached hydrogen (secondary N) is 1. The second-order valence-corrected chi connectivity index (χ2v) is 3.24. The maximum Gasteiger partial charge on any atom is 0.162 e. The Morgan fingerprint density at radius 3 is 3.38 bits per heavy atom. The lowest BCUT2D eigenvalue weighted by atomic mass is 10.0. The molecule has 3 aliphatic heterocycles. The van der Waals surface area contributed by atoms with E-state index in [1.165, 1.54) is 5.57 Å². The summed E-state index contributed by atoms with van der Waals surface area (Å²) in [5.74, 6) is 0. The summed E-state index contributed by atoms with van der Waals surface area (Å²) in [6.45, 7) is 0. The zero-order chi connectivity index (χ0) is 8.67. The summed E-state index contributed by atoms with van der Waals surface area (Å²) < 4.78 is 5.55. The van der Waals surface area contributed by atoms with Gasteiger partial charge in [-0.15, -0.1) is 0 Å². The van der Waals surface area contributed by atoms with Gasteiger partial charge in [-0.3, -0.25) is 0 Å². The van der Waals surface area contributed by atoms with E-state index in [9.17, 15) is 0 Å². The quantitative estimate of drug-likeness (QED) is 0.594. The molecule has 0 saturated carbocycles. The monoisotopic (exact) mass is 174 g/mol. The molecule has 66 valence electrons. The van der Waals surface area contributed by atoms with Crippen LogP contribution in [-0.4, -0.2) is 17.2 Å². The average molecular weight is 174 g/mol. The summed E-state index contributed by atoms with van der Waals surface area (Å²) >= 11 is 0. The van der Waals surface area contributed by atoms with Gasteiger partial charge >= 0.3 is 0 Å². The van der Waals surface area contributed by atoms with E-state index in [0.29, 0.717) is 0 Å². The van der Waals surface area contributed by atoms with Crippen LogP contribution in [-0.2, 0) is 4.74 Å². The molecule has 3 aliphatic rings. The normalized spacial score (nSPS) is 33.2. The first kappa shape index (κ1) is 6.83. The Bertz CT molecular complexity index is 341. The molecule has 0 aromatic heterocycles. The zero-order valence-corrected chi connectivity index (χ0v) is 7.05. The molecule has 0 aliphatic carbocycles. The largest absolute Gasteiger partial charge is 0.489 e. The first-order chi connectivity index (χ1) is 6.45. The van der Waals surface area contributed by atoms with Crippen molar-refractivity contribution in [1.82, 2.24) is 10.2 Å². The minimum absolute atomic E-state index is 0.116. The van der Waals surface area contributed by atoms with Crippen LogP contribution in [0.2, 0.25) is 0 Å². The summed E-state index contributed by atoms with van der Waals surface area (Å²) in [5, 5.41) is 3.25. The fourth-order valence-corrected chi connectivity index (χ4v) is 1.83. The van der Waals surface area contributed by atoms with Crippen molar-refractivity contribution in [2.45, 2.75) is 12.3 Å². The maximum absolute atomic E-state index is 5.55. The lowest BCUT2D eigenvalue weighted by molar-refractivity contribution is 0.0933. The molecule has 3 rings (SSSR count). The van der Waals surface area contributed by atoms with Gasteiger partial charge in [-0.25, -0.2) is 0 Å². The zero-order valence-electron chi connectivity index (χ0n) is 7.05. The summed E-state index contributed by atoms with van der Waals surface area (Å²) in [4.78, 5) is 2.11. The molecule has 0 bridgehead atoms. The minimum Gasteiger partial charge on any atom is -0.489 e. The van der Waals surface area contributed by atoms with Gasteiger partial charge in [-0.1, -0.05) is 6.08 Å². The van der Waals surface area contributed by atoms with Crippen LogP contribution in [0.1, 0.15) is 0 Å². The first-order valence-corrected chi connectivity index (χ1v) is 4.36. The third kappa shape index (κ3) is 0.900. The SMILES string of the molecule is C1=COC2C(=C1)C=CN1C=CNC21. The van der Waals surface area contributed by atoms with Crippen molar-refractivity contribution in [2.75, 3.05) is 0 Å². The molecule has 0 aromatic rings. The molecule has 2 unspecified atom stereocenters. The molecule has 0 amide bonds. The highest BCUT2D eigenvalue weighted by atomic mass is 16.5. The van der Waals surface area contributed by atoms with Crippen LogP contribution in [0.15, 0.2) is 48.7 Å². The Labute approximate surface area is 76.7 Å². The lowest BCUT2D eigenvalue weighted by Gasteiger charge is -2.35. The van der Waals surface area contributed by atoms with Gasteiger partial charge in [-0.05, 0) is 17.7 Å². The maximum atomic E-state index is 5.55. The van der Waals surface area contributed by atoms with Crippen LogP contribution in [0.3, 0.4) is 0 Å². The van der Waals surface area contributed by atoms with Crippen molar-refractivity contribution in [3.63, 3.8) is 0 Å². The van der Waals surface area contributed by atoms with E-state index in [1.54, 1.807) is 6.26 Å². The molecule has 0 fully saturated rings. The number of fused-ring (bicyclic) bond motifs is 3. The molecular formula is C10H10N2O. The fraction of sp³-hybridized carbons (Fsp3) is 0.200. The van der Waals surface area contributed by atoms with Gasteiger partial charge in [0.25, 0.3) is 0 Å². The van der Waals surface area contributed by atoms with E-state index in [0.717, 1.165) is 0 Å². The Kier molecular flexibility index (Phi) is 1.27. The molecule has 3 nitrogen and oxygen atoms in total. The van der Waals surface area contributed by atoms with E-state index in [2.05, 4.69) is 28.6 Å². The highest BCUT2D eigenvalue weighted by molar-refractivity contribution is 5.35. The van der Waals surface area contributed by atoms with Gasteiger partial charge < -0.3 is 15.0 Å². The van der Waals surface area contributed by atoms with Crippen molar-refractivity contribution < 1.29 is 4.74 Å². The number of rotatable bonds is 0. The predicted octanol–water partition coefficient (Wildman–Crippen LogP) is 1.06. The fourth-order valence-electron chi connectivity index (χ4n) is 1.83. The van der Waals surface area contributed by atoms with E-state index in [1.807, 2.05) is 18.5 Å². The summed E-state index contributed by atoms with van der Waals surface area (Å²) in [6.07, 6.45) is 14.2. The topological polar surface area (TPSA) is 24.5 Å². The van der Waals surface area contributed by atoms with Crippen LogP contribution in [0, 0.1) is 0 Å². The van der Waals surface area contributed by atoms with Crippen LogP contribution < -0.4 is 5.32 Å². The third-order valence-electron chi connectivity index (χ3n) is 2.48. The molecule has 13 heavy (non-hydrogen) atoms. The summed E-state index contributed by atoms with van der Waals surface area (Å²) in [7, 11) is 0. The van der Waals surface area contributed by atoms with Crippen molar-refractivity contribution >= 4 is 0 Å². The Hall–Kier alpha value is -1.64.